The molecule has 9 nitrogen and oxygen atoms in total. The van der Waals surface area contributed by atoms with E-state index in [-0.39, 0.29) is 18.3 Å². The van der Waals surface area contributed by atoms with Gasteiger partial charge in [0.15, 0.2) is 0 Å². The largest absolute Gasteiger partial charge is 0.496 e. The minimum absolute atomic E-state index is 0.125. The lowest BCUT2D eigenvalue weighted by atomic mass is 10.0. The molecule has 0 bridgehead atoms. The third kappa shape index (κ3) is 2.42. The van der Waals surface area contributed by atoms with E-state index in [1.54, 1.807) is 46.6 Å². The summed E-state index contributed by atoms with van der Waals surface area (Å²) in [7, 11) is 5.25. The lowest BCUT2D eigenvalue weighted by molar-refractivity contribution is 0.277. The van der Waals surface area contributed by atoms with Gasteiger partial charge in [0.25, 0.3) is 0 Å². The van der Waals surface area contributed by atoms with Crippen LogP contribution in [0.25, 0.3) is 33.1 Å². The number of imidazole rings is 1. The molecule has 1 aliphatic rings. The average molecular weight is 434 g/mol. The molecule has 0 fully saturated rings. The number of thiazole rings is 1. The number of aromatic nitrogens is 6. The Morgan fingerprint density at radius 1 is 1.26 bits per heavy atom. The molecule has 0 N–H and O–H groups in total. The van der Waals surface area contributed by atoms with Crippen LogP contribution in [0, 0.1) is 0 Å². The maximum Gasteiger partial charge on any atom is 0.329 e. The third-order valence-electron chi connectivity index (χ3n) is 5.77. The average Bonchev–Trinajstić information content (AvgIpc) is 3.48. The number of aryl methyl sites for hydroxylation is 2. The van der Waals surface area contributed by atoms with Crippen molar-refractivity contribution in [1.82, 2.24) is 28.9 Å². The molecule has 1 atom stereocenters. The lowest BCUT2D eigenvalue weighted by Gasteiger charge is -2.17. The molecule has 0 spiro atoms. The van der Waals surface area contributed by atoms with Gasteiger partial charge in [0, 0.05) is 43.5 Å². The molecule has 0 saturated heterocycles. The molecular weight excluding hydrogens is 416 g/mol. The van der Waals surface area contributed by atoms with Gasteiger partial charge >= 0.3 is 5.69 Å². The van der Waals surface area contributed by atoms with Crippen molar-refractivity contribution in [1.29, 1.82) is 0 Å². The summed E-state index contributed by atoms with van der Waals surface area (Å²) in [6.07, 6.45) is 7.17. The normalized spacial score (nSPS) is 15.5. The summed E-state index contributed by atoms with van der Waals surface area (Å²) in [5.74, 6) is 1.28. The van der Waals surface area contributed by atoms with Crippen molar-refractivity contribution >= 4 is 33.3 Å². The zero-order valence-corrected chi connectivity index (χ0v) is 17.9. The molecule has 0 saturated carbocycles. The summed E-state index contributed by atoms with van der Waals surface area (Å²) in [6.45, 7) is 0.261. The van der Waals surface area contributed by atoms with Crippen molar-refractivity contribution in [3.05, 3.63) is 51.7 Å². The predicted octanol–water partition coefficient (Wildman–Crippen LogP) is 2.74. The van der Waals surface area contributed by atoms with Gasteiger partial charge in [-0.2, -0.15) is 5.10 Å². The minimum atomic E-state index is -0.345. The highest BCUT2D eigenvalue weighted by molar-refractivity contribution is 7.09. The summed E-state index contributed by atoms with van der Waals surface area (Å²) >= 11 is 1.51. The second-order valence-electron chi connectivity index (χ2n) is 7.48. The van der Waals surface area contributed by atoms with Gasteiger partial charge in [-0.1, -0.05) is 0 Å². The van der Waals surface area contributed by atoms with Crippen LogP contribution in [0.5, 0.6) is 11.5 Å². The second-order valence-corrected chi connectivity index (χ2v) is 8.41. The summed E-state index contributed by atoms with van der Waals surface area (Å²) in [5, 5.41) is 7.84. The topological polar surface area (TPSA) is 89.0 Å². The zero-order chi connectivity index (χ0) is 21.3. The first kappa shape index (κ1) is 18.1. The first-order valence-corrected chi connectivity index (χ1v) is 10.6. The highest BCUT2D eigenvalue weighted by atomic mass is 32.1. The fourth-order valence-electron chi connectivity index (χ4n) is 4.36. The van der Waals surface area contributed by atoms with Gasteiger partial charge in [0.2, 0.25) is 0 Å². The number of ether oxygens (including phenoxy) is 2. The molecule has 10 heteroatoms. The fourth-order valence-corrected chi connectivity index (χ4v) is 5.07. The van der Waals surface area contributed by atoms with E-state index in [0.717, 1.165) is 32.6 Å². The van der Waals surface area contributed by atoms with Gasteiger partial charge < -0.3 is 9.47 Å². The van der Waals surface area contributed by atoms with Gasteiger partial charge in [-0.3, -0.25) is 18.8 Å². The van der Waals surface area contributed by atoms with E-state index in [9.17, 15) is 4.79 Å². The molecule has 1 unspecified atom stereocenters. The highest BCUT2D eigenvalue weighted by Gasteiger charge is 2.32. The molecule has 6 rings (SSSR count). The molecule has 1 aromatic carbocycles. The van der Waals surface area contributed by atoms with E-state index in [1.807, 2.05) is 24.7 Å². The maximum atomic E-state index is 13.3. The summed E-state index contributed by atoms with van der Waals surface area (Å²) in [6, 6.07) is 1.54. The standard InChI is InChI=1S/C21H18N6O3S/c1-25-9-11(7-24-25)16-15(29-3)6-12-17-18-13(8-23-12)26(2)21(28)27(18)14(10-30-19(16)17)20-22-4-5-31-20/h4-9,14H,10H2,1-3H3. The number of methoxy groups -OCH3 is 1. The van der Waals surface area contributed by atoms with Gasteiger partial charge in [-0.05, 0) is 0 Å². The van der Waals surface area contributed by atoms with E-state index in [4.69, 9.17) is 9.47 Å². The molecule has 1 aliphatic heterocycles. The number of hydrogen-bond donors (Lipinski definition) is 0. The van der Waals surface area contributed by atoms with Crippen LogP contribution >= 0.6 is 11.3 Å². The molecule has 0 aliphatic carbocycles. The van der Waals surface area contributed by atoms with Crippen LogP contribution in [0.15, 0.2) is 41.0 Å². The van der Waals surface area contributed by atoms with Crippen molar-refractivity contribution in [3.8, 4) is 22.6 Å². The molecule has 5 aromatic rings. The molecule has 4 aromatic heterocycles. The van der Waals surface area contributed by atoms with Crippen LogP contribution < -0.4 is 15.2 Å². The first-order chi connectivity index (χ1) is 15.1. The first-order valence-electron chi connectivity index (χ1n) is 9.70. The number of hydrogen-bond acceptors (Lipinski definition) is 7. The SMILES string of the molecule is COc1cc2ncc3c4c2c(c1-c1cnn(C)c1)OCC(c1nccs1)n4c(=O)n3C. The molecular formula is C21H18N6O3S. The number of nitrogens with zero attached hydrogens (tertiary/aromatic N) is 6. The Morgan fingerprint density at radius 2 is 2.13 bits per heavy atom. The van der Waals surface area contributed by atoms with Crippen molar-refractivity contribution in [2.75, 3.05) is 13.7 Å². The van der Waals surface area contributed by atoms with E-state index >= 15 is 0 Å². The van der Waals surface area contributed by atoms with Gasteiger partial charge in [-0.25, -0.2) is 9.78 Å². The Kier molecular flexibility index (Phi) is 3.75. The Labute approximate surface area is 180 Å². The van der Waals surface area contributed by atoms with Gasteiger partial charge in [-0.15, -0.1) is 11.3 Å². The number of benzene rings is 1. The Hall–Kier alpha value is -3.66. The monoisotopic (exact) mass is 434 g/mol. The Bertz CT molecular complexity index is 1530. The molecule has 0 amide bonds. The molecule has 31 heavy (non-hydrogen) atoms. The van der Waals surface area contributed by atoms with E-state index < -0.39 is 0 Å². The van der Waals surface area contributed by atoms with Crippen molar-refractivity contribution in [2.45, 2.75) is 6.04 Å². The quantitative estimate of drug-likeness (QED) is 0.434. The van der Waals surface area contributed by atoms with Crippen LogP contribution in [-0.4, -0.2) is 42.6 Å². The van der Waals surface area contributed by atoms with Crippen LogP contribution in [0.3, 0.4) is 0 Å². The van der Waals surface area contributed by atoms with Crippen LogP contribution in [0.4, 0.5) is 0 Å². The van der Waals surface area contributed by atoms with Crippen molar-refractivity contribution in [2.24, 2.45) is 14.1 Å². The second kappa shape index (κ2) is 6.42. The lowest BCUT2D eigenvalue weighted by Crippen LogP contribution is -2.29. The van der Waals surface area contributed by atoms with E-state index in [1.165, 1.54) is 11.3 Å². The number of pyridine rings is 1. The predicted molar refractivity (Wildman–Crippen MR) is 117 cm³/mol. The summed E-state index contributed by atoms with van der Waals surface area (Å²) in [4.78, 5) is 22.4. The van der Waals surface area contributed by atoms with Crippen molar-refractivity contribution < 1.29 is 9.47 Å². The van der Waals surface area contributed by atoms with Crippen molar-refractivity contribution in [3.63, 3.8) is 0 Å². The van der Waals surface area contributed by atoms with Crippen LogP contribution in [-0.2, 0) is 14.1 Å². The smallest absolute Gasteiger partial charge is 0.329 e. The van der Waals surface area contributed by atoms with E-state index in [0.29, 0.717) is 17.0 Å². The number of rotatable bonds is 3. The van der Waals surface area contributed by atoms with Crippen LogP contribution in [0.2, 0.25) is 0 Å². The molecule has 5 heterocycles. The maximum absolute atomic E-state index is 13.3. The third-order valence-corrected chi connectivity index (χ3v) is 6.65. The molecule has 0 radical (unpaired) electrons. The zero-order valence-electron chi connectivity index (χ0n) is 17.1. The Morgan fingerprint density at radius 3 is 2.84 bits per heavy atom. The Balaban J connectivity index is 1.79. The van der Waals surface area contributed by atoms with Crippen LogP contribution in [0.1, 0.15) is 11.0 Å². The summed E-state index contributed by atoms with van der Waals surface area (Å²) in [5.41, 5.74) is 3.77. The minimum Gasteiger partial charge on any atom is -0.496 e. The fraction of sp³-hybridized carbons (Fsp3) is 0.238. The van der Waals surface area contributed by atoms with Gasteiger partial charge in [0.1, 0.15) is 29.2 Å². The van der Waals surface area contributed by atoms with Gasteiger partial charge in [0.05, 0.1) is 47.0 Å². The van der Waals surface area contributed by atoms with E-state index in [2.05, 4.69) is 15.1 Å². The molecule has 156 valence electrons. The highest BCUT2D eigenvalue weighted by Crippen LogP contribution is 2.47. The summed E-state index contributed by atoms with van der Waals surface area (Å²) < 4.78 is 17.3.